The van der Waals surface area contributed by atoms with E-state index < -0.39 is 12.1 Å². The number of amides is 1. The van der Waals surface area contributed by atoms with Gasteiger partial charge in [0.15, 0.2) is 11.2 Å². The molecule has 1 amide bonds. The van der Waals surface area contributed by atoms with Gasteiger partial charge in [0.1, 0.15) is 0 Å². The second kappa shape index (κ2) is 9.98. The van der Waals surface area contributed by atoms with Crippen LogP contribution in [0.4, 0.5) is 5.13 Å². The molecule has 0 saturated heterocycles. The number of aliphatic hydroxyl groups excluding tert-OH is 1. The van der Waals surface area contributed by atoms with E-state index in [2.05, 4.69) is 10.3 Å². The predicted octanol–water partition coefficient (Wildman–Crippen LogP) is 4.35. The second-order valence-electron chi connectivity index (χ2n) is 7.57. The highest BCUT2D eigenvalue weighted by atomic mass is 32.1. The van der Waals surface area contributed by atoms with Crippen LogP contribution in [0.15, 0.2) is 29.6 Å². The quantitative estimate of drug-likeness (QED) is 0.625. The monoisotopic (exact) mass is 416 g/mol. The molecule has 0 spiro atoms. The third-order valence-electron chi connectivity index (χ3n) is 5.38. The lowest BCUT2D eigenvalue weighted by Gasteiger charge is -2.20. The fraction of sp³-hybridized carbons (Fsp3) is 0.500. The van der Waals surface area contributed by atoms with Gasteiger partial charge in [0.2, 0.25) is 5.91 Å². The summed E-state index contributed by atoms with van der Waals surface area (Å²) in [5.41, 5.74) is 2.35. The molecule has 0 bridgehead atoms. The minimum absolute atomic E-state index is 0.104. The highest BCUT2D eigenvalue weighted by Gasteiger charge is 2.28. The van der Waals surface area contributed by atoms with Gasteiger partial charge in [0, 0.05) is 5.38 Å². The normalized spacial score (nSPS) is 16.4. The number of anilines is 1. The van der Waals surface area contributed by atoms with Crippen LogP contribution >= 0.6 is 11.3 Å². The fourth-order valence-electron chi connectivity index (χ4n) is 3.78. The van der Waals surface area contributed by atoms with E-state index in [1.54, 1.807) is 12.3 Å². The molecular weight excluding hydrogens is 388 g/mol. The Morgan fingerprint density at radius 2 is 1.97 bits per heavy atom. The molecular formula is C22H28N2O4S. The van der Waals surface area contributed by atoms with Crippen LogP contribution in [0, 0.1) is 12.8 Å². The summed E-state index contributed by atoms with van der Waals surface area (Å²) >= 11 is 1.19. The standard InChI is InChI=1S/C22H28N2O4S/c1-3-28-21(27)19(25)18-13-29-22(23-18)24-20(26)17(12-15-6-4-5-7-15)16-10-8-14(2)9-11-16/h8-11,13,15,17,19,25H,3-7,12H2,1-2H3,(H,23,24,26). The first-order valence-corrected chi connectivity index (χ1v) is 11.0. The number of aryl methyl sites for hydroxylation is 1. The topological polar surface area (TPSA) is 88.5 Å². The molecule has 1 heterocycles. The molecule has 1 aromatic heterocycles. The van der Waals surface area contributed by atoms with Crippen molar-refractivity contribution < 1.29 is 19.4 Å². The van der Waals surface area contributed by atoms with Gasteiger partial charge in [0.05, 0.1) is 18.2 Å². The largest absolute Gasteiger partial charge is 0.464 e. The number of ether oxygens (including phenoxy) is 1. The van der Waals surface area contributed by atoms with Crippen molar-refractivity contribution >= 4 is 28.3 Å². The highest BCUT2D eigenvalue weighted by Crippen LogP contribution is 2.35. The molecule has 2 atom stereocenters. The number of esters is 1. The van der Waals surface area contributed by atoms with Crippen molar-refractivity contribution in [1.82, 2.24) is 4.98 Å². The SMILES string of the molecule is CCOC(=O)C(O)c1csc(NC(=O)C(CC2CCCC2)c2ccc(C)cc2)n1. The lowest BCUT2D eigenvalue weighted by molar-refractivity contribution is -0.153. The van der Waals surface area contributed by atoms with Crippen LogP contribution in [-0.4, -0.2) is 28.6 Å². The summed E-state index contributed by atoms with van der Waals surface area (Å²) in [4.78, 5) is 29.0. The number of hydrogen-bond donors (Lipinski definition) is 2. The number of nitrogens with zero attached hydrogens (tertiary/aromatic N) is 1. The lowest BCUT2D eigenvalue weighted by atomic mass is 9.87. The van der Waals surface area contributed by atoms with Crippen LogP contribution in [0.2, 0.25) is 0 Å². The zero-order chi connectivity index (χ0) is 20.8. The van der Waals surface area contributed by atoms with Crippen LogP contribution in [0.25, 0.3) is 0 Å². The number of rotatable bonds is 8. The van der Waals surface area contributed by atoms with E-state index in [4.69, 9.17) is 4.74 Å². The molecule has 1 aliphatic carbocycles. The minimum Gasteiger partial charge on any atom is -0.464 e. The molecule has 1 fully saturated rings. The van der Waals surface area contributed by atoms with Crippen molar-refractivity contribution in [1.29, 1.82) is 0 Å². The molecule has 2 unspecified atom stereocenters. The number of aliphatic hydroxyl groups is 1. The number of hydrogen-bond acceptors (Lipinski definition) is 6. The van der Waals surface area contributed by atoms with E-state index in [0.717, 1.165) is 17.5 Å². The van der Waals surface area contributed by atoms with Crippen LogP contribution in [0.5, 0.6) is 0 Å². The summed E-state index contributed by atoms with van der Waals surface area (Å²) < 4.78 is 4.82. The molecule has 6 nitrogen and oxygen atoms in total. The van der Waals surface area contributed by atoms with Gasteiger partial charge in [-0.15, -0.1) is 11.3 Å². The van der Waals surface area contributed by atoms with E-state index in [-0.39, 0.29) is 24.1 Å². The molecule has 0 radical (unpaired) electrons. The van der Waals surface area contributed by atoms with E-state index in [1.807, 2.05) is 31.2 Å². The van der Waals surface area contributed by atoms with Crippen molar-refractivity contribution in [2.75, 3.05) is 11.9 Å². The van der Waals surface area contributed by atoms with E-state index in [9.17, 15) is 14.7 Å². The Labute approximate surface area is 175 Å². The van der Waals surface area contributed by atoms with Gasteiger partial charge in [-0.05, 0) is 31.7 Å². The predicted molar refractivity (Wildman–Crippen MR) is 113 cm³/mol. The van der Waals surface area contributed by atoms with Gasteiger partial charge < -0.3 is 15.2 Å². The molecule has 1 aromatic carbocycles. The van der Waals surface area contributed by atoms with Gasteiger partial charge in [-0.1, -0.05) is 55.5 Å². The van der Waals surface area contributed by atoms with Crippen LogP contribution in [0.1, 0.15) is 67.9 Å². The Morgan fingerprint density at radius 3 is 2.62 bits per heavy atom. The van der Waals surface area contributed by atoms with E-state index >= 15 is 0 Å². The van der Waals surface area contributed by atoms with Gasteiger partial charge in [-0.25, -0.2) is 9.78 Å². The molecule has 156 valence electrons. The Hall–Kier alpha value is -2.25. The van der Waals surface area contributed by atoms with Crippen molar-refractivity contribution in [3.8, 4) is 0 Å². The van der Waals surface area contributed by atoms with E-state index in [0.29, 0.717) is 11.0 Å². The van der Waals surface area contributed by atoms with Crippen LogP contribution in [0.3, 0.4) is 0 Å². The van der Waals surface area contributed by atoms with E-state index in [1.165, 1.54) is 37.0 Å². The Balaban J connectivity index is 1.72. The first-order valence-electron chi connectivity index (χ1n) is 10.2. The zero-order valence-corrected chi connectivity index (χ0v) is 17.7. The lowest BCUT2D eigenvalue weighted by Crippen LogP contribution is -2.23. The Kier molecular flexibility index (Phi) is 7.39. The fourth-order valence-corrected chi connectivity index (χ4v) is 4.51. The van der Waals surface area contributed by atoms with Crippen molar-refractivity contribution in [3.05, 3.63) is 46.5 Å². The molecule has 0 aliphatic heterocycles. The number of benzene rings is 1. The number of carbonyl (C=O) groups excluding carboxylic acids is 2. The summed E-state index contributed by atoms with van der Waals surface area (Å²) in [6.07, 6.45) is 4.18. The maximum Gasteiger partial charge on any atom is 0.341 e. The van der Waals surface area contributed by atoms with Gasteiger partial charge in [-0.3, -0.25) is 4.79 Å². The molecule has 1 saturated carbocycles. The van der Waals surface area contributed by atoms with Crippen LogP contribution < -0.4 is 5.32 Å². The highest BCUT2D eigenvalue weighted by molar-refractivity contribution is 7.14. The number of thiazole rings is 1. The summed E-state index contributed by atoms with van der Waals surface area (Å²) in [6.45, 7) is 3.89. The third kappa shape index (κ3) is 5.64. The van der Waals surface area contributed by atoms with Crippen LogP contribution in [-0.2, 0) is 14.3 Å². The second-order valence-corrected chi connectivity index (χ2v) is 8.43. The third-order valence-corrected chi connectivity index (χ3v) is 6.16. The number of nitrogens with one attached hydrogen (secondary N) is 1. The van der Waals surface area contributed by atoms with Crippen molar-refractivity contribution in [3.63, 3.8) is 0 Å². The number of aromatic nitrogens is 1. The molecule has 29 heavy (non-hydrogen) atoms. The molecule has 1 aliphatic rings. The van der Waals surface area contributed by atoms with Gasteiger partial charge in [-0.2, -0.15) is 0 Å². The maximum atomic E-state index is 13.1. The molecule has 7 heteroatoms. The average molecular weight is 417 g/mol. The molecule has 2 aromatic rings. The Morgan fingerprint density at radius 1 is 1.28 bits per heavy atom. The summed E-state index contributed by atoms with van der Waals surface area (Å²) in [5, 5.41) is 14.8. The zero-order valence-electron chi connectivity index (χ0n) is 16.9. The average Bonchev–Trinajstić information content (AvgIpc) is 3.38. The Bertz CT molecular complexity index is 828. The first-order chi connectivity index (χ1) is 14.0. The maximum absolute atomic E-state index is 13.1. The minimum atomic E-state index is -1.44. The first kappa shape index (κ1) is 21.5. The molecule has 2 N–H and O–H groups in total. The molecule has 3 rings (SSSR count). The number of carbonyl (C=O) groups is 2. The summed E-state index contributed by atoms with van der Waals surface area (Å²) in [5.74, 6) is -0.535. The smallest absolute Gasteiger partial charge is 0.341 e. The van der Waals surface area contributed by atoms with Crippen molar-refractivity contribution in [2.24, 2.45) is 5.92 Å². The van der Waals surface area contributed by atoms with Gasteiger partial charge >= 0.3 is 5.97 Å². The summed E-state index contributed by atoms with van der Waals surface area (Å²) in [7, 11) is 0. The van der Waals surface area contributed by atoms with Crippen molar-refractivity contribution in [2.45, 2.75) is 58.0 Å². The summed E-state index contributed by atoms with van der Waals surface area (Å²) in [6, 6.07) is 8.10. The van der Waals surface area contributed by atoms with Gasteiger partial charge in [0.25, 0.3) is 0 Å².